The Labute approximate surface area is 96.5 Å². The van der Waals surface area contributed by atoms with Gasteiger partial charge in [0.2, 0.25) is 0 Å². The van der Waals surface area contributed by atoms with Crippen molar-refractivity contribution in [3.8, 4) is 0 Å². The molecule has 0 bridgehead atoms. The summed E-state index contributed by atoms with van der Waals surface area (Å²) < 4.78 is 1.85. The third-order valence-electron chi connectivity index (χ3n) is 1.57. The Bertz CT molecular complexity index is 112. The van der Waals surface area contributed by atoms with Crippen molar-refractivity contribution >= 4 is 27.9 Å². The molecule has 4 heteroatoms. The average Bonchev–Trinajstić information content (AvgIpc) is 1.56. The van der Waals surface area contributed by atoms with Crippen LogP contribution in [0.2, 0.25) is 39.3 Å². The van der Waals surface area contributed by atoms with Crippen molar-refractivity contribution in [3.05, 3.63) is 4.50 Å². The zero-order chi connectivity index (χ0) is 9.28. The van der Waals surface area contributed by atoms with E-state index in [1.807, 2.05) is 16.3 Å². The summed E-state index contributed by atoms with van der Waals surface area (Å²) in [5.74, 6) is 0. The van der Waals surface area contributed by atoms with Crippen molar-refractivity contribution in [1.82, 2.24) is 0 Å². The molecule has 0 aromatic rings. The van der Waals surface area contributed by atoms with Gasteiger partial charge in [-0.3, -0.25) is 4.50 Å². The fraction of sp³-hybridized carbons (Fsp3) is 0.875. The Morgan fingerprint density at radius 3 is 1.08 bits per heavy atom. The Kier molecular flexibility index (Phi) is 7.01. The molecule has 0 atom stereocenters. The maximum atomic E-state index is 2.46. The van der Waals surface area contributed by atoms with Crippen LogP contribution >= 0.6 is 11.8 Å². The van der Waals surface area contributed by atoms with E-state index in [1.165, 1.54) is 0 Å². The topological polar surface area (TPSA) is 0 Å². The standard InChI is InChI=1S/C8H21SSi2.Li/c1-9-8(10(2,3)4)11(5,6)7;/h1-7H3;/q-1;+1. The molecule has 0 fully saturated rings. The average molecular weight is 212 g/mol. The molecule has 0 saturated heterocycles. The molecule has 0 N–H and O–H groups in total. The smallest absolute Gasteiger partial charge is 0.355 e. The molecule has 0 nitrogen and oxygen atoms in total. The summed E-state index contributed by atoms with van der Waals surface area (Å²) >= 11 is 2.02. The summed E-state index contributed by atoms with van der Waals surface area (Å²) in [7, 11) is -1.96. The molecule has 0 heterocycles. The monoisotopic (exact) mass is 212 g/mol. The van der Waals surface area contributed by atoms with Gasteiger partial charge in [0.1, 0.15) is 0 Å². The second-order valence-electron chi connectivity index (χ2n) is 5.03. The van der Waals surface area contributed by atoms with Crippen LogP contribution in [0.3, 0.4) is 0 Å². The zero-order valence-electron chi connectivity index (χ0n) is 9.91. The fourth-order valence-corrected chi connectivity index (χ4v) is 15.6. The van der Waals surface area contributed by atoms with Gasteiger partial charge in [-0.25, -0.2) is 0 Å². The second kappa shape index (κ2) is 5.31. The summed E-state index contributed by atoms with van der Waals surface area (Å²) in [6.45, 7) is 14.7. The van der Waals surface area contributed by atoms with Gasteiger partial charge >= 0.3 is 18.9 Å². The third-order valence-corrected chi connectivity index (χ3v) is 14.1. The fourth-order valence-electron chi connectivity index (χ4n) is 1.74. The Hall–Kier alpha value is 1.38. The van der Waals surface area contributed by atoms with E-state index in [1.54, 1.807) is 0 Å². The normalized spacial score (nSPS) is 13.0. The quantitative estimate of drug-likeness (QED) is 0.489. The Balaban J connectivity index is 0. The van der Waals surface area contributed by atoms with E-state index in [2.05, 4.69) is 45.5 Å². The minimum Gasteiger partial charge on any atom is -0.355 e. The summed E-state index contributed by atoms with van der Waals surface area (Å²) in [6, 6.07) is 0. The molecule has 0 spiro atoms. The first-order valence-electron chi connectivity index (χ1n) is 4.11. The molecule has 0 saturated carbocycles. The number of thioether (sulfide) groups is 1. The van der Waals surface area contributed by atoms with Gasteiger partial charge in [0.15, 0.2) is 0 Å². The van der Waals surface area contributed by atoms with E-state index >= 15 is 0 Å². The minimum atomic E-state index is -0.981. The van der Waals surface area contributed by atoms with Crippen molar-refractivity contribution < 1.29 is 18.9 Å². The molecule has 0 radical (unpaired) electrons. The van der Waals surface area contributed by atoms with Crippen LogP contribution in [-0.2, 0) is 0 Å². The molecule has 12 heavy (non-hydrogen) atoms. The maximum absolute atomic E-state index is 2.46. The maximum Gasteiger partial charge on any atom is 1.00 e. The van der Waals surface area contributed by atoms with Gasteiger partial charge in [-0.1, -0.05) is 55.4 Å². The summed E-state index contributed by atoms with van der Waals surface area (Å²) in [4.78, 5) is 0. The molecule has 0 unspecified atom stereocenters. The number of hydrogen-bond donors (Lipinski definition) is 0. The Morgan fingerprint density at radius 1 is 0.833 bits per heavy atom. The molecular formula is C8H21LiSSi2. The van der Waals surface area contributed by atoms with E-state index in [-0.39, 0.29) is 18.9 Å². The zero-order valence-corrected chi connectivity index (χ0v) is 12.7. The van der Waals surface area contributed by atoms with E-state index in [9.17, 15) is 0 Å². The molecule has 0 rings (SSSR count). The molecule has 0 aromatic carbocycles. The van der Waals surface area contributed by atoms with Crippen LogP contribution in [0.5, 0.6) is 0 Å². The van der Waals surface area contributed by atoms with Gasteiger partial charge < -0.3 is 11.8 Å². The number of rotatable bonds is 3. The van der Waals surface area contributed by atoms with E-state index in [0.717, 1.165) is 0 Å². The molecule has 0 amide bonds. The van der Waals surface area contributed by atoms with Crippen molar-refractivity contribution in [2.75, 3.05) is 6.26 Å². The van der Waals surface area contributed by atoms with Gasteiger partial charge in [0.05, 0.1) is 0 Å². The number of hydrogen-bond acceptors (Lipinski definition) is 1. The summed E-state index contributed by atoms with van der Waals surface area (Å²) in [5, 5.41) is 0. The first-order chi connectivity index (χ1) is 4.69. The predicted octanol–water partition coefficient (Wildman–Crippen LogP) is 0.640. The van der Waals surface area contributed by atoms with Crippen LogP contribution in [-0.4, -0.2) is 22.4 Å². The van der Waals surface area contributed by atoms with E-state index < -0.39 is 16.1 Å². The van der Waals surface area contributed by atoms with Crippen LogP contribution < -0.4 is 18.9 Å². The van der Waals surface area contributed by atoms with Gasteiger partial charge in [-0.15, -0.1) is 0 Å². The molecule has 0 aromatic heterocycles. The van der Waals surface area contributed by atoms with Crippen molar-refractivity contribution in [1.29, 1.82) is 0 Å². The predicted molar refractivity (Wildman–Crippen MR) is 63.5 cm³/mol. The van der Waals surface area contributed by atoms with Crippen molar-refractivity contribution in [2.45, 2.75) is 39.3 Å². The van der Waals surface area contributed by atoms with Crippen molar-refractivity contribution in [2.24, 2.45) is 0 Å². The molecular weight excluding hydrogens is 191 g/mol. The molecule has 0 aliphatic carbocycles. The van der Waals surface area contributed by atoms with E-state index in [0.29, 0.717) is 0 Å². The van der Waals surface area contributed by atoms with Crippen LogP contribution in [0.15, 0.2) is 0 Å². The van der Waals surface area contributed by atoms with Crippen molar-refractivity contribution in [3.63, 3.8) is 0 Å². The SMILES string of the molecule is CS[C-]([Si](C)(C)C)[Si](C)(C)C.[Li+]. The Morgan fingerprint density at radius 2 is 1.08 bits per heavy atom. The minimum absolute atomic E-state index is 0. The van der Waals surface area contributed by atoms with Crippen LogP contribution in [0.1, 0.15) is 0 Å². The third kappa shape index (κ3) is 5.18. The molecule has 0 aliphatic heterocycles. The molecule has 68 valence electrons. The second-order valence-corrected chi connectivity index (χ2v) is 17.1. The summed E-state index contributed by atoms with van der Waals surface area (Å²) in [5.41, 5.74) is 0. The largest absolute Gasteiger partial charge is 1.00 e. The van der Waals surface area contributed by atoms with Crippen LogP contribution in [0.4, 0.5) is 0 Å². The van der Waals surface area contributed by atoms with E-state index in [4.69, 9.17) is 0 Å². The van der Waals surface area contributed by atoms with Crippen LogP contribution in [0.25, 0.3) is 0 Å². The van der Waals surface area contributed by atoms with Gasteiger partial charge in [-0.05, 0) is 6.26 Å². The van der Waals surface area contributed by atoms with Crippen LogP contribution in [0, 0.1) is 4.50 Å². The van der Waals surface area contributed by atoms with Gasteiger partial charge in [-0.2, -0.15) is 0 Å². The molecule has 0 aliphatic rings. The van der Waals surface area contributed by atoms with Gasteiger partial charge in [0.25, 0.3) is 0 Å². The first-order valence-corrected chi connectivity index (χ1v) is 12.3. The van der Waals surface area contributed by atoms with Gasteiger partial charge in [0, 0.05) is 0 Å². The summed E-state index contributed by atoms with van der Waals surface area (Å²) in [6.07, 6.45) is 2.24. The first kappa shape index (κ1) is 15.8.